The number of para-hydroxylation sites is 1. The van der Waals surface area contributed by atoms with Gasteiger partial charge < -0.3 is 0 Å². The van der Waals surface area contributed by atoms with Crippen molar-refractivity contribution in [1.29, 1.82) is 5.26 Å². The number of nitrogens with zero attached hydrogens (tertiary/aromatic N) is 2. The standard InChI is InChI=1S/C18H17ClN2/c1-12(5-4-8-20)18-11-16(13-9-14(19)10-13)15-6-2-3-7-17(15)21-18/h2-3,6-7,11,13-14H,1,4-5,9-10H2. The quantitative estimate of drug-likeness (QED) is 0.741. The molecule has 0 atom stereocenters. The van der Waals surface area contributed by atoms with E-state index in [0.717, 1.165) is 29.6 Å². The normalized spacial score (nSPS) is 20.8. The van der Waals surface area contributed by atoms with Crippen LogP contribution in [0.5, 0.6) is 0 Å². The van der Waals surface area contributed by atoms with Crippen LogP contribution in [0.2, 0.25) is 0 Å². The van der Waals surface area contributed by atoms with Gasteiger partial charge in [0.1, 0.15) is 0 Å². The van der Waals surface area contributed by atoms with Crippen LogP contribution in [0.15, 0.2) is 36.9 Å². The molecule has 2 aromatic rings. The Hall–Kier alpha value is -1.85. The summed E-state index contributed by atoms with van der Waals surface area (Å²) in [6.45, 7) is 4.09. The van der Waals surface area contributed by atoms with E-state index in [2.05, 4.69) is 30.8 Å². The lowest BCUT2D eigenvalue weighted by Gasteiger charge is -2.32. The van der Waals surface area contributed by atoms with Crippen LogP contribution in [0.4, 0.5) is 0 Å². The van der Waals surface area contributed by atoms with E-state index < -0.39 is 0 Å². The first-order valence-corrected chi connectivity index (χ1v) is 7.71. The molecule has 106 valence electrons. The van der Waals surface area contributed by atoms with Crippen molar-refractivity contribution in [3.63, 3.8) is 0 Å². The molecule has 0 spiro atoms. The summed E-state index contributed by atoms with van der Waals surface area (Å²) in [7, 11) is 0. The third-order valence-electron chi connectivity index (χ3n) is 4.17. The number of hydrogen-bond donors (Lipinski definition) is 0. The molecular formula is C18H17ClN2. The third-order valence-corrected chi connectivity index (χ3v) is 4.53. The number of pyridine rings is 1. The Bertz CT molecular complexity index is 724. The number of nitriles is 1. The van der Waals surface area contributed by atoms with Crippen LogP contribution in [0.25, 0.3) is 16.5 Å². The Balaban J connectivity index is 2.03. The average Bonchev–Trinajstić information content (AvgIpc) is 2.48. The van der Waals surface area contributed by atoms with Crippen molar-refractivity contribution in [3.8, 4) is 6.07 Å². The molecule has 21 heavy (non-hydrogen) atoms. The molecule has 0 saturated heterocycles. The number of benzene rings is 1. The minimum absolute atomic E-state index is 0.298. The van der Waals surface area contributed by atoms with Crippen molar-refractivity contribution in [3.05, 3.63) is 48.2 Å². The predicted octanol–water partition coefficient (Wildman–Crippen LogP) is 5.04. The molecule has 0 amide bonds. The highest BCUT2D eigenvalue weighted by Gasteiger charge is 2.30. The third kappa shape index (κ3) is 2.80. The van der Waals surface area contributed by atoms with Gasteiger partial charge in [-0.1, -0.05) is 24.8 Å². The Morgan fingerprint density at radius 3 is 2.86 bits per heavy atom. The maximum atomic E-state index is 8.73. The summed E-state index contributed by atoms with van der Waals surface area (Å²) in [5.74, 6) is 0.517. The fraction of sp³-hybridized carbons (Fsp3) is 0.333. The van der Waals surface area contributed by atoms with Gasteiger partial charge in [0.2, 0.25) is 0 Å². The zero-order valence-electron chi connectivity index (χ0n) is 11.8. The molecule has 1 fully saturated rings. The number of allylic oxidation sites excluding steroid dienone is 1. The molecule has 0 radical (unpaired) electrons. The number of alkyl halides is 1. The number of aromatic nitrogens is 1. The Labute approximate surface area is 130 Å². The Morgan fingerprint density at radius 2 is 2.14 bits per heavy atom. The van der Waals surface area contributed by atoms with Crippen molar-refractivity contribution in [2.75, 3.05) is 0 Å². The molecule has 1 aliphatic rings. The predicted molar refractivity (Wildman–Crippen MR) is 87.2 cm³/mol. The molecule has 3 rings (SSSR count). The second kappa shape index (κ2) is 5.87. The van der Waals surface area contributed by atoms with Gasteiger partial charge in [0.25, 0.3) is 0 Å². The number of fused-ring (bicyclic) bond motifs is 1. The van der Waals surface area contributed by atoms with Crippen LogP contribution >= 0.6 is 11.6 Å². The van der Waals surface area contributed by atoms with Gasteiger partial charge in [-0.2, -0.15) is 5.26 Å². The summed E-state index contributed by atoms with van der Waals surface area (Å²) in [4.78, 5) is 4.71. The molecule has 0 aliphatic heterocycles. The van der Waals surface area contributed by atoms with Crippen molar-refractivity contribution in [2.24, 2.45) is 0 Å². The molecule has 0 unspecified atom stereocenters. The fourth-order valence-corrected chi connectivity index (χ4v) is 3.29. The largest absolute Gasteiger partial charge is 0.248 e. The summed E-state index contributed by atoms with van der Waals surface area (Å²) < 4.78 is 0. The highest BCUT2D eigenvalue weighted by Crippen LogP contribution is 2.43. The molecule has 0 bridgehead atoms. The van der Waals surface area contributed by atoms with Gasteiger partial charge >= 0.3 is 0 Å². The Morgan fingerprint density at radius 1 is 1.38 bits per heavy atom. The van der Waals surface area contributed by atoms with Gasteiger partial charge in [-0.3, -0.25) is 0 Å². The molecule has 3 heteroatoms. The van der Waals surface area contributed by atoms with Crippen LogP contribution in [-0.4, -0.2) is 10.4 Å². The average molecular weight is 297 g/mol. The number of hydrogen-bond acceptors (Lipinski definition) is 2. The summed E-state index contributed by atoms with van der Waals surface area (Å²) in [6, 6.07) is 12.5. The highest BCUT2D eigenvalue weighted by molar-refractivity contribution is 6.21. The molecular weight excluding hydrogens is 280 g/mol. The van der Waals surface area contributed by atoms with E-state index in [1.807, 2.05) is 12.1 Å². The van der Waals surface area contributed by atoms with E-state index in [1.165, 1.54) is 10.9 Å². The lowest BCUT2D eigenvalue weighted by molar-refractivity contribution is 0.431. The van der Waals surface area contributed by atoms with Gasteiger partial charge in [-0.05, 0) is 48.4 Å². The monoisotopic (exact) mass is 296 g/mol. The molecule has 1 aromatic carbocycles. The lowest BCUT2D eigenvalue weighted by atomic mass is 9.78. The van der Waals surface area contributed by atoms with Crippen LogP contribution < -0.4 is 0 Å². The van der Waals surface area contributed by atoms with E-state index in [9.17, 15) is 0 Å². The first kappa shape index (κ1) is 14.1. The summed E-state index contributed by atoms with van der Waals surface area (Å²) in [6.07, 6.45) is 3.21. The lowest BCUT2D eigenvalue weighted by Crippen LogP contribution is -2.22. The SMILES string of the molecule is C=C(CCC#N)c1cc(C2CC(Cl)C2)c2ccccc2n1. The Kier molecular flexibility index (Phi) is 3.94. The number of rotatable bonds is 4. The van der Waals surface area contributed by atoms with Gasteiger partial charge in [0, 0.05) is 17.2 Å². The van der Waals surface area contributed by atoms with E-state index in [0.29, 0.717) is 24.1 Å². The fourth-order valence-electron chi connectivity index (χ4n) is 2.86. The topological polar surface area (TPSA) is 36.7 Å². The van der Waals surface area contributed by atoms with Gasteiger partial charge in [-0.15, -0.1) is 11.6 Å². The van der Waals surface area contributed by atoms with E-state index in [4.69, 9.17) is 21.8 Å². The summed E-state index contributed by atoms with van der Waals surface area (Å²) in [5, 5.41) is 10.2. The van der Waals surface area contributed by atoms with Crippen molar-refractivity contribution in [2.45, 2.75) is 37.0 Å². The van der Waals surface area contributed by atoms with Crippen LogP contribution in [0, 0.1) is 11.3 Å². The van der Waals surface area contributed by atoms with Crippen LogP contribution in [0.1, 0.15) is 42.9 Å². The first-order chi connectivity index (χ1) is 10.2. The second-order valence-corrected chi connectivity index (χ2v) is 6.26. The maximum Gasteiger partial charge on any atom is 0.0712 e. The molecule has 1 aromatic heterocycles. The maximum absolute atomic E-state index is 8.73. The minimum Gasteiger partial charge on any atom is -0.248 e. The first-order valence-electron chi connectivity index (χ1n) is 7.28. The smallest absolute Gasteiger partial charge is 0.0712 e. The molecule has 2 nitrogen and oxygen atoms in total. The van der Waals surface area contributed by atoms with E-state index >= 15 is 0 Å². The van der Waals surface area contributed by atoms with Crippen molar-refractivity contribution in [1.82, 2.24) is 4.98 Å². The van der Waals surface area contributed by atoms with Crippen LogP contribution in [0.3, 0.4) is 0 Å². The summed E-state index contributed by atoms with van der Waals surface area (Å²) in [5.41, 5.74) is 4.18. The summed E-state index contributed by atoms with van der Waals surface area (Å²) >= 11 is 6.15. The second-order valence-electron chi connectivity index (χ2n) is 5.64. The molecule has 0 N–H and O–H groups in total. The van der Waals surface area contributed by atoms with Crippen molar-refractivity contribution < 1.29 is 0 Å². The zero-order chi connectivity index (χ0) is 14.8. The minimum atomic E-state index is 0.298. The van der Waals surface area contributed by atoms with Crippen LogP contribution in [-0.2, 0) is 0 Å². The van der Waals surface area contributed by atoms with Gasteiger partial charge in [0.05, 0.1) is 17.3 Å². The van der Waals surface area contributed by atoms with Crippen molar-refractivity contribution >= 4 is 28.1 Å². The molecule has 1 heterocycles. The zero-order valence-corrected chi connectivity index (χ0v) is 12.6. The van der Waals surface area contributed by atoms with E-state index in [1.54, 1.807) is 0 Å². The van der Waals surface area contributed by atoms with Gasteiger partial charge in [0.15, 0.2) is 0 Å². The number of halogens is 1. The van der Waals surface area contributed by atoms with E-state index in [-0.39, 0.29) is 0 Å². The van der Waals surface area contributed by atoms with Gasteiger partial charge in [-0.25, -0.2) is 4.98 Å². The molecule has 1 saturated carbocycles. The molecule has 1 aliphatic carbocycles. The highest BCUT2D eigenvalue weighted by atomic mass is 35.5.